The second-order valence-corrected chi connectivity index (χ2v) is 5.85. The first-order chi connectivity index (χ1) is 8.97. The molecule has 108 valence electrons. The summed E-state index contributed by atoms with van der Waals surface area (Å²) in [6, 6.07) is 0. The van der Waals surface area contributed by atoms with E-state index in [2.05, 4.69) is 19.9 Å². The van der Waals surface area contributed by atoms with E-state index in [4.69, 9.17) is 4.74 Å². The number of aliphatic hydroxyl groups excluding tert-OH is 1. The van der Waals surface area contributed by atoms with Gasteiger partial charge in [-0.25, -0.2) is 0 Å². The maximum absolute atomic E-state index is 12.3. The zero-order chi connectivity index (χ0) is 14.6. The summed E-state index contributed by atoms with van der Waals surface area (Å²) in [7, 11) is 1.49. The van der Waals surface area contributed by atoms with Crippen molar-refractivity contribution in [2.24, 2.45) is 11.8 Å². The maximum atomic E-state index is 12.3. The van der Waals surface area contributed by atoms with Crippen molar-refractivity contribution in [3.63, 3.8) is 0 Å². The van der Waals surface area contributed by atoms with Crippen LogP contribution >= 0.6 is 11.8 Å². The number of methoxy groups -OCH3 is 1. The van der Waals surface area contributed by atoms with Gasteiger partial charge in [0.05, 0.1) is 18.1 Å². The van der Waals surface area contributed by atoms with E-state index in [-0.39, 0.29) is 17.6 Å². The van der Waals surface area contributed by atoms with Gasteiger partial charge in [0.15, 0.2) is 5.76 Å². The molecule has 0 aromatic heterocycles. The summed E-state index contributed by atoms with van der Waals surface area (Å²) in [5.74, 6) is 0.0711. The number of hydrogen-bond acceptors (Lipinski definition) is 4. The van der Waals surface area contributed by atoms with Crippen molar-refractivity contribution >= 4 is 17.5 Å². The van der Waals surface area contributed by atoms with Crippen LogP contribution in [0.15, 0.2) is 22.3 Å². The lowest BCUT2D eigenvalue weighted by atomic mass is 9.78. The predicted octanol–water partition coefficient (Wildman–Crippen LogP) is 3.15. The largest absolute Gasteiger partial charge is 0.492 e. The standard InChI is InChI=1S/C15H24O3S/c1-6-9(2)7-8-11-10(3)12(16)14(18-4)15(19-5)13(11)17/h7,10-11,13,17H,6,8H2,1-5H3/b9-7+. The molecule has 0 spiro atoms. The number of ether oxygens (including phenoxy) is 1. The van der Waals surface area contributed by atoms with Gasteiger partial charge in [-0.3, -0.25) is 4.79 Å². The molecule has 0 amide bonds. The highest BCUT2D eigenvalue weighted by atomic mass is 32.2. The highest BCUT2D eigenvalue weighted by Gasteiger charge is 2.40. The van der Waals surface area contributed by atoms with Gasteiger partial charge in [0.25, 0.3) is 0 Å². The first-order valence-corrected chi connectivity index (χ1v) is 7.90. The van der Waals surface area contributed by atoms with Gasteiger partial charge in [-0.2, -0.15) is 0 Å². The molecule has 0 radical (unpaired) electrons. The van der Waals surface area contributed by atoms with Crippen molar-refractivity contribution < 1.29 is 14.6 Å². The smallest absolute Gasteiger partial charge is 0.201 e. The molecule has 3 nitrogen and oxygen atoms in total. The van der Waals surface area contributed by atoms with E-state index in [1.54, 1.807) is 0 Å². The third-order valence-corrected chi connectivity index (χ3v) is 4.76. The molecule has 3 atom stereocenters. The minimum Gasteiger partial charge on any atom is -0.492 e. The van der Waals surface area contributed by atoms with E-state index in [0.717, 1.165) is 12.8 Å². The number of carbonyl (C=O) groups excluding carboxylic acids is 1. The summed E-state index contributed by atoms with van der Waals surface area (Å²) < 4.78 is 5.18. The van der Waals surface area contributed by atoms with E-state index < -0.39 is 6.10 Å². The van der Waals surface area contributed by atoms with Crippen LogP contribution in [-0.2, 0) is 9.53 Å². The summed E-state index contributed by atoms with van der Waals surface area (Å²) in [5.41, 5.74) is 1.29. The number of hydrogen-bond donors (Lipinski definition) is 1. The minimum atomic E-state index is -0.612. The van der Waals surface area contributed by atoms with Gasteiger partial charge in [0.2, 0.25) is 5.78 Å². The van der Waals surface area contributed by atoms with Crippen LogP contribution in [0.25, 0.3) is 0 Å². The van der Waals surface area contributed by atoms with Gasteiger partial charge in [-0.15, -0.1) is 11.8 Å². The Morgan fingerprint density at radius 2 is 2.16 bits per heavy atom. The molecular formula is C15H24O3S. The monoisotopic (exact) mass is 284 g/mol. The van der Waals surface area contributed by atoms with Crippen molar-refractivity contribution in [1.29, 1.82) is 0 Å². The predicted molar refractivity (Wildman–Crippen MR) is 79.9 cm³/mol. The maximum Gasteiger partial charge on any atom is 0.201 e. The Morgan fingerprint density at radius 1 is 1.53 bits per heavy atom. The summed E-state index contributed by atoms with van der Waals surface area (Å²) >= 11 is 1.40. The summed E-state index contributed by atoms with van der Waals surface area (Å²) in [5, 5.41) is 10.5. The van der Waals surface area contributed by atoms with E-state index in [1.807, 2.05) is 13.2 Å². The Balaban J connectivity index is 3.03. The van der Waals surface area contributed by atoms with E-state index in [9.17, 15) is 9.90 Å². The van der Waals surface area contributed by atoms with Crippen molar-refractivity contribution in [2.45, 2.75) is 39.7 Å². The van der Waals surface area contributed by atoms with Gasteiger partial charge in [-0.05, 0) is 26.0 Å². The zero-order valence-corrected chi connectivity index (χ0v) is 13.2. The van der Waals surface area contributed by atoms with Crippen LogP contribution in [0.4, 0.5) is 0 Å². The van der Waals surface area contributed by atoms with Crippen LogP contribution in [0.3, 0.4) is 0 Å². The SMILES string of the molecule is CC/C(C)=C/CC1C(C)C(=O)C(OC)=C(SC)C1O. The molecule has 0 bridgehead atoms. The van der Waals surface area contributed by atoms with E-state index in [0.29, 0.717) is 10.7 Å². The minimum absolute atomic E-state index is 0.00435. The molecule has 0 fully saturated rings. The molecule has 0 saturated carbocycles. The Labute approximate surface area is 120 Å². The number of aliphatic hydroxyl groups is 1. The molecule has 0 aliphatic heterocycles. The van der Waals surface area contributed by atoms with Gasteiger partial charge in [0.1, 0.15) is 0 Å². The van der Waals surface area contributed by atoms with Crippen LogP contribution in [0, 0.1) is 11.8 Å². The van der Waals surface area contributed by atoms with Gasteiger partial charge in [0, 0.05) is 11.8 Å². The molecule has 0 aromatic carbocycles. The molecule has 1 aliphatic carbocycles. The second kappa shape index (κ2) is 7.15. The van der Waals surface area contributed by atoms with Crippen molar-refractivity contribution in [3.8, 4) is 0 Å². The number of ketones is 1. The lowest BCUT2D eigenvalue weighted by molar-refractivity contribution is -0.126. The second-order valence-electron chi connectivity index (χ2n) is 5.00. The lowest BCUT2D eigenvalue weighted by Gasteiger charge is -2.34. The number of thioether (sulfide) groups is 1. The molecule has 4 heteroatoms. The third-order valence-electron chi connectivity index (χ3n) is 3.90. The van der Waals surface area contributed by atoms with Crippen LogP contribution < -0.4 is 0 Å². The summed E-state index contributed by atoms with van der Waals surface area (Å²) in [6.07, 6.45) is 5.12. The molecule has 1 aliphatic rings. The van der Waals surface area contributed by atoms with E-state index >= 15 is 0 Å². The molecule has 1 rings (SSSR count). The fraction of sp³-hybridized carbons (Fsp3) is 0.667. The highest BCUT2D eigenvalue weighted by molar-refractivity contribution is 8.02. The number of allylic oxidation sites excluding steroid dienone is 3. The van der Waals surface area contributed by atoms with Crippen LogP contribution in [-0.4, -0.2) is 30.4 Å². The number of Topliss-reactive ketones (excluding diaryl/α,β-unsaturated/α-hetero) is 1. The quantitative estimate of drug-likeness (QED) is 0.788. The van der Waals surface area contributed by atoms with Gasteiger partial charge in [-0.1, -0.05) is 25.5 Å². The van der Waals surface area contributed by atoms with Crippen LogP contribution in [0.2, 0.25) is 0 Å². The fourth-order valence-electron chi connectivity index (χ4n) is 2.35. The highest BCUT2D eigenvalue weighted by Crippen LogP contribution is 2.39. The Kier molecular flexibility index (Phi) is 6.14. The van der Waals surface area contributed by atoms with Crippen molar-refractivity contribution in [3.05, 3.63) is 22.3 Å². The summed E-state index contributed by atoms with van der Waals surface area (Å²) in [6.45, 7) is 6.06. The lowest BCUT2D eigenvalue weighted by Crippen LogP contribution is -2.38. The Bertz CT molecular complexity index is 398. The molecule has 3 unspecified atom stereocenters. The van der Waals surface area contributed by atoms with Crippen LogP contribution in [0.5, 0.6) is 0 Å². The topological polar surface area (TPSA) is 46.5 Å². The number of rotatable bonds is 5. The van der Waals surface area contributed by atoms with Crippen molar-refractivity contribution in [1.82, 2.24) is 0 Å². The molecular weight excluding hydrogens is 260 g/mol. The Morgan fingerprint density at radius 3 is 2.63 bits per heavy atom. The Hall–Kier alpha value is -0.740. The van der Waals surface area contributed by atoms with Crippen molar-refractivity contribution in [2.75, 3.05) is 13.4 Å². The van der Waals surface area contributed by atoms with Gasteiger partial charge >= 0.3 is 0 Å². The molecule has 0 heterocycles. The summed E-state index contributed by atoms with van der Waals surface area (Å²) in [4.78, 5) is 12.9. The average molecular weight is 284 g/mol. The molecule has 1 N–H and O–H groups in total. The fourth-order valence-corrected chi connectivity index (χ4v) is 3.14. The molecule has 0 saturated heterocycles. The number of carbonyl (C=O) groups is 1. The first kappa shape index (κ1) is 16.3. The van der Waals surface area contributed by atoms with Crippen LogP contribution in [0.1, 0.15) is 33.6 Å². The van der Waals surface area contributed by atoms with Gasteiger partial charge < -0.3 is 9.84 Å². The molecule has 0 aromatic rings. The zero-order valence-electron chi connectivity index (χ0n) is 12.4. The third kappa shape index (κ3) is 3.42. The first-order valence-electron chi connectivity index (χ1n) is 6.67. The van der Waals surface area contributed by atoms with E-state index in [1.165, 1.54) is 24.4 Å². The average Bonchev–Trinajstić information content (AvgIpc) is 2.41. The molecule has 19 heavy (non-hydrogen) atoms. The normalized spacial score (nSPS) is 28.8.